The molecule has 0 amide bonds. The Hall–Kier alpha value is -0.650. The van der Waals surface area contributed by atoms with Crippen molar-refractivity contribution in [1.82, 2.24) is 4.90 Å². The lowest BCUT2D eigenvalue weighted by Crippen LogP contribution is -2.53. The van der Waals surface area contributed by atoms with Crippen LogP contribution in [-0.2, 0) is 14.3 Å². The van der Waals surface area contributed by atoms with E-state index in [1.54, 1.807) is 0 Å². The van der Waals surface area contributed by atoms with E-state index in [1.807, 2.05) is 14.1 Å². The van der Waals surface area contributed by atoms with Crippen LogP contribution in [0, 0.1) is 17.8 Å². The Labute approximate surface area is 152 Å². The van der Waals surface area contributed by atoms with E-state index in [4.69, 9.17) is 9.47 Å². The third kappa shape index (κ3) is 4.55. The van der Waals surface area contributed by atoms with Crippen LogP contribution >= 0.6 is 0 Å². The highest BCUT2D eigenvalue weighted by molar-refractivity contribution is 5.67. The van der Waals surface area contributed by atoms with E-state index in [-0.39, 0.29) is 30.6 Å². The molecule has 2 saturated carbocycles. The Morgan fingerprint density at radius 2 is 1.88 bits per heavy atom. The molecular weight excluding hydrogens is 318 g/mol. The van der Waals surface area contributed by atoms with Crippen molar-refractivity contribution in [2.24, 2.45) is 17.8 Å². The van der Waals surface area contributed by atoms with Crippen LogP contribution < -0.4 is 0 Å². The molecule has 0 bridgehead atoms. The first-order valence-corrected chi connectivity index (χ1v) is 10.1. The number of hydrogen-bond donors (Lipinski definition) is 1. The number of hydrogen-bond acceptors (Lipinski definition) is 4. The lowest BCUT2D eigenvalue weighted by atomic mass is 9.69. The molecule has 1 saturated heterocycles. The molecule has 0 aromatic carbocycles. The molecule has 0 aromatic rings. The Bertz CT molecular complexity index is 453. The first kappa shape index (κ1) is 19.1. The second-order valence-corrected chi connectivity index (χ2v) is 8.66. The van der Waals surface area contributed by atoms with Crippen molar-refractivity contribution < 1.29 is 19.4 Å². The number of carboxylic acid groups (broad SMARTS) is 1. The molecular formula is C20H35NO4. The standard InChI is InChI=1S/C20H35NO4/c1-13-11-17(21(2)3)16(12-19(22)23)20(24-13)25-18-10-6-8-14-7-4-5-9-15(14)18/h13-18,20H,4-12H2,1-3H3,(H,22,23). The molecule has 7 atom stereocenters. The van der Waals surface area contributed by atoms with E-state index in [0.717, 1.165) is 18.8 Å². The minimum atomic E-state index is -0.761. The van der Waals surface area contributed by atoms with Crippen molar-refractivity contribution in [1.29, 1.82) is 0 Å². The van der Waals surface area contributed by atoms with Crippen LogP contribution in [0.15, 0.2) is 0 Å². The zero-order valence-corrected chi connectivity index (χ0v) is 16.0. The average molecular weight is 354 g/mol. The summed E-state index contributed by atoms with van der Waals surface area (Å²) >= 11 is 0. The third-order valence-corrected chi connectivity index (χ3v) is 6.68. The van der Waals surface area contributed by atoms with Crippen LogP contribution in [0.1, 0.15) is 64.7 Å². The Morgan fingerprint density at radius 1 is 1.16 bits per heavy atom. The zero-order valence-electron chi connectivity index (χ0n) is 16.0. The summed E-state index contributed by atoms with van der Waals surface area (Å²) in [6.07, 6.45) is 9.87. The first-order chi connectivity index (χ1) is 12.0. The van der Waals surface area contributed by atoms with Gasteiger partial charge in [-0.15, -0.1) is 0 Å². The molecule has 144 valence electrons. The molecule has 1 heterocycles. The number of carbonyl (C=O) groups is 1. The van der Waals surface area contributed by atoms with Crippen molar-refractivity contribution in [2.75, 3.05) is 14.1 Å². The monoisotopic (exact) mass is 353 g/mol. The van der Waals surface area contributed by atoms with Gasteiger partial charge in [0.25, 0.3) is 0 Å². The molecule has 2 aliphatic carbocycles. The van der Waals surface area contributed by atoms with Crippen molar-refractivity contribution >= 4 is 5.97 Å². The molecule has 0 aromatic heterocycles. The Kier molecular flexibility index (Phi) is 6.39. The average Bonchev–Trinajstić information content (AvgIpc) is 2.56. The number of aliphatic carboxylic acids is 1. The maximum absolute atomic E-state index is 11.5. The van der Waals surface area contributed by atoms with Crippen LogP contribution in [0.5, 0.6) is 0 Å². The van der Waals surface area contributed by atoms with E-state index in [2.05, 4.69) is 11.8 Å². The summed E-state index contributed by atoms with van der Waals surface area (Å²) in [7, 11) is 4.07. The van der Waals surface area contributed by atoms with Gasteiger partial charge in [-0.3, -0.25) is 4.79 Å². The maximum atomic E-state index is 11.5. The van der Waals surface area contributed by atoms with E-state index >= 15 is 0 Å². The van der Waals surface area contributed by atoms with Gasteiger partial charge in [0.2, 0.25) is 0 Å². The summed E-state index contributed by atoms with van der Waals surface area (Å²) in [5, 5.41) is 9.41. The lowest BCUT2D eigenvalue weighted by molar-refractivity contribution is -0.265. The van der Waals surface area contributed by atoms with E-state index < -0.39 is 12.3 Å². The first-order valence-electron chi connectivity index (χ1n) is 10.1. The number of carboxylic acids is 1. The van der Waals surface area contributed by atoms with Gasteiger partial charge in [-0.25, -0.2) is 0 Å². The predicted octanol–water partition coefficient (Wildman–Crippen LogP) is 3.52. The Morgan fingerprint density at radius 3 is 2.60 bits per heavy atom. The van der Waals surface area contributed by atoms with Crippen LogP contribution in [-0.4, -0.2) is 54.6 Å². The van der Waals surface area contributed by atoms with Crippen molar-refractivity contribution in [3.05, 3.63) is 0 Å². The highest BCUT2D eigenvalue weighted by atomic mass is 16.7. The number of rotatable bonds is 5. The molecule has 5 heteroatoms. The second kappa shape index (κ2) is 8.36. The molecule has 1 aliphatic heterocycles. The molecule has 3 rings (SSSR count). The predicted molar refractivity (Wildman–Crippen MR) is 96.3 cm³/mol. The van der Waals surface area contributed by atoms with E-state index in [9.17, 15) is 9.90 Å². The molecule has 25 heavy (non-hydrogen) atoms. The fraction of sp³-hybridized carbons (Fsp3) is 0.950. The fourth-order valence-electron chi connectivity index (χ4n) is 5.46. The van der Waals surface area contributed by atoms with Gasteiger partial charge in [-0.1, -0.05) is 25.7 Å². The van der Waals surface area contributed by atoms with Gasteiger partial charge < -0.3 is 19.5 Å². The summed E-state index contributed by atoms with van der Waals surface area (Å²) < 4.78 is 12.7. The van der Waals surface area contributed by atoms with Gasteiger partial charge in [-0.05, 0) is 58.5 Å². The maximum Gasteiger partial charge on any atom is 0.303 e. The molecule has 0 radical (unpaired) electrons. The SMILES string of the molecule is CC1CC(N(C)C)C(CC(=O)O)C(OC2CCCC3CCCCC32)O1. The smallest absolute Gasteiger partial charge is 0.303 e. The molecule has 0 spiro atoms. The highest BCUT2D eigenvalue weighted by Gasteiger charge is 2.44. The second-order valence-electron chi connectivity index (χ2n) is 8.66. The van der Waals surface area contributed by atoms with E-state index in [1.165, 1.54) is 38.5 Å². The molecule has 3 fully saturated rings. The minimum absolute atomic E-state index is 0.104. The van der Waals surface area contributed by atoms with Crippen LogP contribution in [0.25, 0.3) is 0 Å². The molecule has 7 unspecified atom stereocenters. The molecule has 3 aliphatic rings. The normalized spacial score (nSPS) is 42.2. The summed E-state index contributed by atoms with van der Waals surface area (Å²) in [6, 6.07) is 0.190. The molecule has 1 N–H and O–H groups in total. The van der Waals surface area contributed by atoms with Gasteiger partial charge in [0.15, 0.2) is 6.29 Å². The summed E-state index contributed by atoms with van der Waals surface area (Å²) in [4.78, 5) is 13.6. The van der Waals surface area contributed by atoms with Crippen molar-refractivity contribution in [3.8, 4) is 0 Å². The largest absolute Gasteiger partial charge is 0.481 e. The van der Waals surface area contributed by atoms with Crippen molar-refractivity contribution in [2.45, 2.75) is 89.3 Å². The van der Waals surface area contributed by atoms with Crippen LogP contribution in [0.2, 0.25) is 0 Å². The van der Waals surface area contributed by atoms with Gasteiger partial charge in [0.05, 0.1) is 18.6 Å². The van der Waals surface area contributed by atoms with E-state index in [0.29, 0.717) is 5.92 Å². The third-order valence-electron chi connectivity index (χ3n) is 6.68. The Balaban J connectivity index is 1.73. The number of nitrogens with zero attached hydrogens (tertiary/aromatic N) is 1. The minimum Gasteiger partial charge on any atom is -0.481 e. The fourth-order valence-corrected chi connectivity index (χ4v) is 5.46. The van der Waals surface area contributed by atoms with Gasteiger partial charge in [0.1, 0.15) is 0 Å². The quantitative estimate of drug-likeness (QED) is 0.819. The van der Waals surface area contributed by atoms with Crippen LogP contribution in [0.4, 0.5) is 0 Å². The summed E-state index contributed by atoms with van der Waals surface area (Å²) in [5.41, 5.74) is 0. The lowest BCUT2D eigenvalue weighted by Gasteiger charge is -2.47. The number of ether oxygens (including phenoxy) is 2. The summed E-state index contributed by atoms with van der Waals surface area (Å²) in [6.45, 7) is 2.08. The van der Waals surface area contributed by atoms with Gasteiger partial charge in [0, 0.05) is 12.0 Å². The highest BCUT2D eigenvalue weighted by Crippen LogP contribution is 2.43. The van der Waals surface area contributed by atoms with Crippen LogP contribution in [0.3, 0.4) is 0 Å². The topological polar surface area (TPSA) is 59.0 Å². The molecule has 5 nitrogen and oxygen atoms in total. The van der Waals surface area contributed by atoms with Gasteiger partial charge >= 0.3 is 5.97 Å². The van der Waals surface area contributed by atoms with Crippen molar-refractivity contribution in [3.63, 3.8) is 0 Å². The number of fused-ring (bicyclic) bond motifs is 1. The zero-order chi connectivity index (χ0) is 18.0. The summed E-state index contributed by atoms with van der Waals surface area (Å²) in [5.74, 6) is 0.582. The van der Waals surface area contributed by atoms with Gasteiger partial charge in [-0.2, -0.15) is 0 Å².